The smallest absolute Gasteiger partial charge is 0.190 e. The van der Waals surface area contributed by atoms with Crippen LogP contribution >= 0.6 is 24.0 Å². The molecule has 0 unspecified atom stereocenters. The Balaban J connectivity index is 0. The topological polar surface area (TPSA) is 48.9 Å². The van der Waals surface area contributed by atoms with E-state index in [0.29, 0.717) is 0 Å². The number of nitrogens with zero attached hydrogens (tertiary/aromatic N) is 2. The van der Waals surface area contributed by atoms with Crippen molar-refractivity contribution < 1.29 is 4.74 Å². The molecule has 0 saturated heterocycles. The minimum atomic E-state index is 0. The van der Waals surface area contributed by atoms with E-state index in [1.165, 1.54) is 38.6 Å². The number of hydrogen-bond donors (Lipinski definition) is 2. The molecule has 0 saturated carbocycles. The van der Waals surface area contributed by atoms with E-state index >= 15 is 0 Å². The number of guanidine groups is 1. The molecule has 0 heterocycles. The van der Waals surface area contributed by atoms with Gasteiger partial charge in [0.15, 0.2) is 5.96 Å². The van der Waals surface area contributed by atoms with E-state index < -0.39 is 0 Å². The molecule has 0 aromatic carbocycles. The van der Waals surface area contributed by atoms with Crippen molar-refractivity contribution in [3.8, 4) is 0 Å². The van der Waals surface area contributed by atoms with E-state index in [-0.39, 0.29) is 24.0 Å². The Morgan fingerprint density at radius 3 is 2.14 bits per heavy atom. The fourth-order valence-corrected chi connectivity index (χ4v) is 2.04. The lowest BCUT2D eigenvalue weighted by atomic mass is 10.1. The molecule has 134 valence electrons. The highest BCUT2D eigenvalue weighted by Crippen LogP contribution is 2.02. The summed E-state index contributed by atoms with van der Waals surface area (Å²) in [5.41, 5.74) is 0. The zero-order valence-corrected chi connectivity index (χ0v) is 17.3. The van der Waals surface area contributed by atoms with Crippen molar-refractivity contribution in [2.24, 2.45) is 4.99 Å². The van der Waals surface area contributed by atoms with Gasteiger partial charge in [0, 0.05) is 33.4 Å². The molecule has 0 bridgehead atoms. The second kappa shape index (κ2) is 19.0. The molecule has 0 aliphatic carbocycles. The Morgan fingerprint density at radius 1 is 0.955 bits per heavy atom. The second-order valence-corrected chi connectivity index (χ2v) is 5.55. The number of halogens is 1. The monoisotopic (exact) mass is 428 g/mol. The molecule has 0 aromatic rings. The van der Waals surface area contributed by atoms with Crippen LogP contribution < -0.4 is 10.6 Å². The maximum Gasteiger partial charge on any atom is 0.190 e. The van der Waals surface area contributed by atoms with Gasteiger partial charge in [-0.3, -0.25) is 4.99 Å². The highest BCUT2D eigenvalue weighted by atomic mass is 127. The van der Waals surface area contributed by atoms with Gasteiger partial charge in [0.1, 0.15) is 0 Å². The summed E-state index contributed by atoms with van der Waals surface area (Å²) < 4.78 is 5.31. The third kappa shape index (κ3) is 18.0. The lowest BCUT2D eigenvalue weighted by Gasteiger charge is -2.12. The third-order valence-corrected chi connectivity index (χ3v) is 3.26. The van der Waals surface area contributed by atoms with Gasteiger partial charge in [-0.05, 0) is 46.8 Å². The van der Waals surface area contributed by atoms with Gasteiger partial charge in [-0.15, -0.1) is 24.0 Å². The Kier molecular flexibility index (Phi) is 20.8. The summed E-state index contributed by atoms with van der Waals surface area (Å²) in [7, 11) is 6.09. The molecule has 0 aliphatic rings. The summed E-state index contributed by atoms with van der Waals surface area (Å²) in [6, 6.07) is 0. The largest absolute Gasteiger partial charge is 0.382 e. The van der Waals surface area contributed by atoms with Crippen molar-refractivity contribution in [2.45, 2.75) is 45.4 Å². The van der Waals surface area contributed by atoms with Gasteiger partial charge in [0.2, 0.25) is 0 Å². The van der Waals surface area contributed by atoms with Crippen molar-refractivity contribution in [3.05, 3.63) is 0 Å². The molecule has 0 radical (unpaired) electrons. The van der Waals surface area contributed by atoms with Crippen LogP contribution in [0.3, 0.4) is 0 Å². The fraction of sp³-hybridized carbons (Fsp3) is 0.938. The summed E-state index contributed by atoms with van der Waals surface area (Å²) >= 11 is 0. The van der Waals surface area contributed by atoms with Gasteiger partial charge in [-0.25, -0.2) is 0 Å². The first kappa shape index (κ1) is 24.2. The van der Waals surface area contributed by atoms with Crippen LogP contribution in [0.5, 0.6) is 0 Å². The van der Waals surface area contributed by atoms with E-state index in [0.717, 1.165) is 38.7 Å². The van der Waals surface area contributed by atoms with E-state index in [4.69, 9.17) is 4.74 Å². The van der Waals surface area contributed by atoms with Crippen LogP contribution in [0.4, 0.5) is 0 Å². The third-order valence-electron chi connectivity index (χ3n) is 3.26. The fourth-order valence-electron chi connectivity index (χ4n) is 2.04. The highest BCUT2D eigenvalue weighted by molar-refractivity contribution is 14.0. The van der Waals surface area contributed by atoms with E-state index in [9.17, 15) is 0 Å². The average molecular weight is 428 g/mol. The van der Waals surface area contributed by atoms with Gasteiger partial charge in [0.05, 0.1) is 0 Å². The average Bonchev–Trinajstić information content (AvgIpc) is 2.47. The molecule has 22 heavy (non-hydrogen) atoms. The summed E-state index contributed by atoms with van der Waals surface area (Å²) in [6.45, 7) is 6.74. The van der Waals surface area contributed by atoms with Gasteiger partial charge >= 0.3 is 0 Å². The maximum atomic E-state index is 5.31. The Bertz CT molecular complexity index is 250. The SMILES string of the molecule is CCOCCCNC(=NC)NCCCCCCCN(C)C.I. The molecule has 5 nitrogen and oxygen atoms in total. The van der Waals surface area contributed by atoms with Crippen molar-refractivity contribution in [3.63, 3.8) is 0 Å². The first-order valence-corrected chi connectivity index (χ1v) is 8.37. The molecule has 0 atom stereocenters. The van der Waals surface area contributed by atoms with Crippen molar-refractivity contribution >= 4 is 29.9 Å². The minimum absolute atomic E-state index is 0. The maximum absolute atomic E-state index is 5.31. The Labute approximate surface area is 154 Å². The molecular weight excluding hydrogens is 391 g/mol. The van der Waals surface area contributed by atoms with Gasteiger partial charge in [-0.2, -0.15) is 0 Å². The zero-order valence-electron chi connectivity index (χ0n) is 15.0. The van der Waals surface area contributed by atoms with E-state index in [2.05, 4.69) is 34.6 Å². The zero-order chi connectivity index (χ0) is 15.8. The number of hydrogen-bond acceptors (Lipinski definition) is 3. The molecule has 0 aliphatic heterocycles. The number of aliphatic imine (C=N–C) groups is 1. The Hall–Kier alpha value is -0.0800. The van der Waals surface area contributed by atoms with Crippen molar-refractivity contribution in [1.29, 1.82) is 0 Å². The molecule has 2 N–H and O–H groups in total. The van der Waals surface area contributed by atoms with Crippen molar-refractivity contribution in [2.75, 3.05) is 54.0 Å². The minimum Gasteiger partial charge on any atom is -0.382 e. The molecule has 0 fully saturated rings. The first-order chi connectivity index (χ1) is 10.2. The number of rotatable bonds is 13. The lowest BCUT2D eigenvalue weighted by molar-refractivity contribution is 0.145. The van der Waals surface area contributed by atoms with Crippen LogP contribution in [-0.2, 0) is 4.74 Å². The standard InChI is InChI=1S/C16H36N4O.HI/c1-5-21-15-11-13-19-16(17-2)18-12-9-7-6-8-10-14-20(3)4;/h5-15H2,1-4H3,(H2,17,18,19);1H. The van der Waals surface area contributed by atoms with Crippen LogP contribution in [0.25, 0.3) is 0 Å². The molecular formula is C16H37IN4O. The summed E-state index contributed by atoms with van der Waals surface area (Å²) in [5, 5.41) is 6.66. The summed E-state index contributed by atoms with van der Waals surface area (Å²) in [6.07, 6.45) is 7.49. The van der Waals surface area contributed by atoms with Crippen LogP contribution in [0.2, 0.25) is 0 Å². The van der Waals surface area contributed by atoms with Crippen LogP contribution in [0.1, 0.15) is 45.4 Å². The predicted molar refractivity (Wildman–Crippen MR) is 108 cm³/mol. The van der Waals surface area contributed by atoms with Crippen LogP contribution in [0, 0.1) is 0 Å². The molecule has 0 aromatic heterocycles. The summed E-state index contributed by atoms with van der Waals surface area (Å²) in [4.78, 5) is 6.47. The molecule has 0 amide bonds. The highest BCUT2D eigenvalue weighted by Gasteiger charge is 1.97. The normalized spacial score (nSPS) is 11.4. The van der Waals surface area contributed by atoms with Crippen molar-refractivity contribution in [1.82, 2.24) is 15.5 Å². The Morgan fingerprint density at radius 2 is 1.55 bits per heavy atom. The lowest BCUT2D eigenvalue weighted by Crippen LogP contribution is -2.38. The number of nitrogens with one attached hydrogen (secondary N) is 2. The van der Waals surface area contributed by atoms with Gasteiger partial charge in [0.25, 0.3) is 0 Å². The first-order valence-electron chi connectivity index (χ1n) is 8.37. The molecule has 0 spiro atoms. The van der Waals surface area contributed by atoms with E-state index in [1.807, 2.05) is 14.0 Å². The summed E-state index contributed by atoms with van der Waals surface area (Å²) in [5.74, 6) is 0.902. The van der Waals surface area contributed by atoms with Crippen LogP contribution in [-0.4, -0.2) is 64.9 Å². The quantitative estimate of drug-likeness (QED) is 0.205. The number of ether oxygens (including phenoxy) is 1. The second-order valence-electron chi connectivity index (χ2n) is 5.55. The molecule has 0 rings (SSSR count). The van der Waals surface area contributed by atoms with Gasteiger partial charge < -0.3 is 20.3 Å². The van der Waals surface area contributed by atoms with Crippen LogP contribution in [0.15, 0.2) is 4.99 Å². The predicted octanol–water partition coefficient (Wildman–Crippen LogP) is 2.71. The molecule has 6 heteroatoms. The van der Waals surface area contributed by atoms with Gasteiger partial charge in [-0.1, -0.05) is 19.3 Å². The number of unbranched alkanes of at least 4 members (excludes halogenated alkanes) is 4. The van der Waals surface area contributed by atoms with E-state index in [1.54, 1.807) is 0 Å².